The van der Waals surface area contributed by atoms with Gasteiger partial charge in [0.15, 0.2) is 11.5 Å². The molecule has 10 nitrogen and oxygen atoms in total. The largest absolute Gasteiger partial charge is 0.486 e. The number of urea groups is 1. The molecule has 0 bridgehead atoms. The number of rotatable bonds is 5. The summed E-state index contributed by atoms with van der Waals surface area (Å²) in [4.78, 5) is 51.0. The lowest BCUT2D eigenvalue weighted by Crippen LogP contribution is -2.45. The van der Waals surface area contributed by atoms with Gasteiger partial charge in [-0.3, -0.25) is 19.3 Å². The maximum atomic E-state index is 12.9. The molecule has 1 aromatic rings. The Hall–Kier alpha value is -3.30. The minimum absolute atomic E-state index is 0.213. The second-order valence-electron chi connectivity index (χ2n) is 6.87. The van der Waals surface area contributed by atoms with Crippen LogP contribution in [0.25, 0.3) is 0 Å². The number of benzene rings is 1. The predicted octanol–water partition coefficient (Wildman–Crippen LogP) is -0.571. The van der Waals surface area contributed by atoms with E-state index in [0.717, 1.165) is 4.90 Å². The number of nitrogens with zero attached hydrogens (tertiary/aromatic N) is 2. The fourth-order valence-corrected chi connectivity index (χ4v) is 2.92. The van der Waals surface area contributed by atoms with Gasteiger partial charge in [0.2, 0.25) is 11.8 Å². The molecule has 1 atom stereocenters. The van der Waals surface area contributed by atoms with E-state index in [1.54, 1.807) is 39.2 Å². The number of hydrogen-bond acceptors (Lipinski definition) is 6. The van der Waals surface area contributed by atoms with Gasteiger partial charge in [0, 0.05) is 14.1 Å². The minimum Gasteiger partial charge on any atom is -0.486 e. The lowest BCUT2D eigenvalue weighted by molar-refractivity contribution is -0.135. The third-order valence-electron chi connectivity index (χ3n) is 4.63. The van der Waals surface area contributed by atoms with Gasteiger partial charge in [0.05, 0.1) is 6.54 Å². The topological polar surface area (TPSA) is 117 Å². The number of fused-ring (bicyclic) bond motifs is 1. The molecule has 2 N–H and O–H groups in total. The van der Waals surface area contributed by atoms with Crippen molar-refractivity contribution < 1.29 is 28.7 Å². The Labute approximate surface area is 161 Å². The molecular weight excluding hydrogens is 368 g/mol. The van der Waals surface area contributed by atoms with Crippen molar-refractivity contribution in [3.05, 3.63) is 23.8 Å². The highest BCUT2D eigenvalue weighted by Gasteiger charge is 2.49. The monoisotopic (exact) mass is 390 g/mol. The summed E-state index contributed by atoms with van der Waals surface area (Å²) in [6.07, 6.45) is 0. The van der Waals surface area contributed by atoms with E-state index in [-0.39, 0.29) is 12.5 Å². The molecule has 3 rings (SSSR count). The normalized spacial score (nSPS) is 20.6. The molecule has 0 radical (unpaired) electrons. The van der Waals surface area contributed by atoms with Crippen molar-refractivity contribution in [3.63, 3.8) is 0 Å². The molecule has 0 aliphatic carbocycles. The highest BCUT2D eigenvalue weighted by atomic mass is 16.6. The summed E-state index contributed by atoms with van der Waals surface area (Å²) in [5.41, 5.74) is -0.826. The Balaban J connectivity index is 1.72. The van der Waals surface area contributed by atoms with Crippen LogP contribution in [0, 0.1) is 0 Å². The molecule has 0 saturated carbocycles. The van der Waals surface area contributed by atoms with Crippen LogP contribution < -0.4 is 20.1 Å². The molecule has 0 spiro atoms. The van der Waals surface area contributed by atoms with Gasteiger partial charge in [0.1, 0.15) is 25.3 Å². The van der Waals surface area contributed by atoms with Gasteiger partial charge in [-0.2, -0.15) is 0 Å². The second-order valence-corrected chi connectivity index (χ2v) is 6.87. The van der Waals surface area contributed by atoms with Gasteiger partial charge in [-0.1, -0.05) is 6.07 Å². The molecule has 150 valence electrons. The first-order valence-corrected chi connectivity index (χ1v) is 8.73. The Morgan fingerprint density at radius 1 is 1.21 bits per heavy atom. The van der Waals surface area contributed by atoms with Crippen molar-refractivity contribution in [2.24, 2.45) is 0 Å². The first-order chi connectivity index (χ1) is 13.2. The van der Waals surface area contributed by atoms with Crippen molar-refractivity contribution in [1.29, 1.82) is 0 Å². The summed E-state index contributed by atoms with van der Waals surface area (Å²) in [5, 5.41) is 5.03. The van der Waals surface area contributed by atoms with E-state index in [1.165, 1.54) is 4.90 Å². The van der Waals surface area contributed by atoms with E-state index < -0.39 is 29.9 Å². The number of ether oxygens (including phenoxy) is 2. The van der Waals surface area contributed by atoms with Gasteiger partial charge < -0.3 is 25.0 Å². The maximum Gasteiger partial charge on any atom is 0.325 e. The van der Waals surface area contributed by atoms with E-state index in [0.29, 0.717) is 30.3 Å². The average Bonchev–Trinajstić information content (AvgIpc) is 2.89. The Kier molecular flexibility index (Phi) is 5.12. The standard InChI is InChI=1S/C18H22N4O6/c1-18(11-4-5-12-13(8-11)28-7-6-27-12)16(25)22(17(26)20-18)10-14(23)19-9-15(24)21(2)3/h4-5,8H,6-7,9-10H2,1-3H3,(H,19,23)(H,20,26)/t18-/m1/s1. The van der Waals surface area contributed by atoms with E-state index in [9.17, 15) is 19.2 Å². The predicted molar refractivity (Wildman–Crippen MR) is 96.7 cm³/mol. The number of carbonyl (C=O) groups is 4. The van der Waals surface area contributed by atoms with E-state index in [4.69, 9.17) is 9.47 Å². The molecule has 28 heavy (non-hydrogen) atoms. The number of imide groups is 1. The second kappa shape index (κ2) is 7.37. The highest BCUT2D eigenvalue weighted by Crippen LogP contribution is 2.36. The summed E-state index contributed by atoms with van der Waals surface area (Å²) >= 11 is 0. The Bertz CT molecular complexity index is 839. The number of hydrogen-bond donors (Lipinski definition) is 2. The minimum atomic E-state index is -1.34. The van der Waals surface area contributed by atoms with Gasteiger partial charge in [0.25, 0.3) is 5.91 Å². The van der Waals surface area contributed by atoms with E-state index >= 15 is 0 Å². The Morgan fingerprint density at radius 2 is 1.89 bits per heavy atom. The van der Waals surface area contributed by atoms with E-state index in [1.807, 2.05) is 0 Å². The zero-order valence-electron chi connectivity index (χ0n) is 15.9. The molecule has 2 aliphatic heterocycles. The average molecular weight is 390 g/mol. The van der Waals surface area contributed by atoms with Crippen molar-refractivity contribution in [2.75, 3.05) is 40.4 Å². The van der Waals surface area contributed by atoms with Crippen LogP contribution in [0.2, 0.25) is 0 Å². The summed E-state index contributed by atoms with van der Waals surface area (Å²) in [6, 6.07) is 4.31. The van der Waals surface area contributed by atoms with E-state index in [2.05, 4.69) is 10.6 Å². The quantitative estimate of drug-likeness (QED) is 0.650. The molecule has 1 fully saturated rings. The first-order valence-electron chi connectivity index (χ1n) is 8.73. The molecule has 2 aliphatic rings. The molecule has 0 aromatic heterocycles. The van der Waals surface area contributed by atoms with Crippen molar-refractivity contribution >= 4 is 23.8 Å². The van der Waals surface area contributed by atoms with Crippen molar-refractivity contribution in [2.45, 2.75) is 12.5 Å². The van der Waals surface area contributed by atoms with Crippen LogP contribution in [-0.2, 0) is 19.9 Å². The SMILES string of the molecule is CN(C)C(=O)CNC(=O)CN1C(=O)N[C@](C)(c2ccc3c(c2)OCCO3)C1=O. The van der Waals surface area contributed by atoms with Crippen LogP contribution in [0.3, 0.4) is 0 Å². The lowest BCUT2D eigenvalue weighted by atomic mass is 9.91. The van der Waals surface area contributed by atoms with Crippen LogP contribution in [0.15, 0.2) is 18.2 Å². The summed E-state index contributed by atoms with van der Waals surface area (Å²) < 4.78 is 11.0. The summed E-state index contributed by atoms with van der Waals surface area (Å²) in [6.45, 7) is 1.70. The molecule has 1 aromatic carbocycles. The van der Waals surface area contributed by atoms with Gasteiger partial charge in [-0.05, 0) is 24.6 Å². The van der Waals surface area contributed by atoms with Crippen LogP contribution in [-0.4, -0.2) is 74.0 Å². The number of carbonyl (C=O) groups excluding carboxylic acids is 4. The molecule has 0 unspecified atom stereocenters. The fraction of sp³-hybridized carbons (Fsp3) is 0.444. The van der Waals surface area contributed by atoms with Gasteiger partial charge >= 0.3 is 6.03 Å². The third kappa shape index (κ3) is 3.57. The van der Waals surface area contributed by atoms with Crippen LogP contribution >= 0.6 is 0 Å². The van der Waals surface area contributed by atoms with Crippen LogP contribution in [0.5, 0.6) is 11.5 Å². The zero-order chi connectivity index (χ0) is 20.5. The summed E-state index contributed by atoms with van der Waals surface area (Å²) in [7, 11) is 3.12. The smallest absolute Gasteiger partial charge is 0.325 e. The van der Waals surface area contributed by atoms with Gasteiger partial charge in [-0.15, -0.1) is 0 Å². The van der Waals surface area contributed by atoms with Gasteiger partial charge in [-0.25, -0.2) is 4.79 Å². The van der Waals surface area contributed by atoms with Crippen molar-refractivity contribution in [1.82, 2.24) is 20.4 Å². The third-order valence-corrected chi connectivity index (χ3v) is 4.63. The lowest BCUT2D eigenvalue weighted by Gasteiger charge is -2.25. The number of nitrogens with one attached hydrogen (secondary N) is 2. The summed E-state index contributed by atoms with van der Waals surface area (Å²) in [5.74, 6) is -0.414. The first kappa shape index (κ1) is 19.5. The maximum absolute atomic E-state index is 12.9. The molecule has 10 heteroatoms. The molecule has 1 saturated heterocycles. The molecule has 5 amide bonds. The number of likely N-dealkylation sites (N-methyl/N-ethyl adjacent to an activating group) is 1. The van der Waals surface area contributed by atoms with Crippen LogP contribution in [0.1, 0.15) is 12.5 Å². The van der Waals surface area contributed by atoms with Crippen LogP contribution in [0.4, 0.5) is 4.79 Å². The fourth-order valence-electron chi connectivity index (χ4n) is 2.92. The molecular formula is C18H22N4O6. The highest BCUT2D eigenvalue weighted by molar-refractivity contribution is 6.09. The zero-order valence-corrected chi connectivity index (χ0v) is 15.9. The molecule has 2 heterocycles. The Morgan fingerprint density at radius 3 is 2.57 bits per heavy atom. The number of amides is 5. The van der Waals surface area contributed by atoms with Crippen molar-refractivity contribution in [3.8, 4) is 11.5 Å².